The third-order valence-electron chi connectivity index (χ3n) is 4.65. The predicted octanol–water partition coefficient (Wildman–Crippen LogP) is 3.08. The van der Waals surface area contributed by atoms with E-state index in [9.17, 15) is 0 Å². The van der Waals surface area contributed by atoms with Gasteiger partial charge in [-0.3, -0.25) is 0 Å². The van der Waals surface area contributed by atoms with Gasteiger partial charge in [-0.15, -0.1) is 6.42 Å². The summed E-state index contributed by atoms with van der Waals surface area (Å²) in [7, 11) is 0. The highest BCUT2D eigenvalue weighted by Crippen LogP contribution is 2.79. The molecule has 0 aromatic rings. The second-order valence-corrected chi connectivity index (χ2v) is 5.68. The standard InChI is InChI=1S/C12H18/c1-6-12(7-8-12)9-10(2,3)11(9,4)5/h1,9H,7-8H2,2-5H3. The van der Waals surface area contributed by atoms with E-state index in [0.717, 1.165) is 5.92 Å². The highest BCUT2D eigenvalue weighted by Gasteiger charge is 2.74. The van der Waals surface area contributed by atoms with Crippen molar-refractivity contribution in [2.45, 2.75) is 40.5 Å². The molecule has 0 spiro atoms. The van der Waals surface area contributed by atoms with Crippen LogP contribution >= 0.6 is 0 Å². The van der Waals surface area contributed by atoms with E-state index in [0.29, 0.717) is 16.2 Å². The molecule has 2 aliphatic rings. The summed E-state index contributed by atoms with van der Waals surface area (Å²) in [4.78, 5) is 0. The first-order chi connectivity index (χ1) is 5.38. The molecule has 12 heavy (non-hydrogen) atoms. The van der Waals surface area contributed by atoms with Gasteiger partial charge in [-0.05, 0) is 29.6 Å². The normalized spacial score (nSPS) is 33.9. The van der Waals surface area contributed by atoms with E-state index in [1.807, 2.05) is 0 Å². The van der Waals surface area contributed by atoms with Gasteiger partial charge in [0.25, 0.3) is 0 Å². The van der Waals surface area contributed by atoms with Crippen LogP contribution in [0.4, 0.5) is 0 Å². The Bertz CT molecular complexity index is 244. The molecular formula is C12H18. The maximum absolute atomic E-state index is 5.60. The van der Waals surface area contributed by atoms with Crippen LogP contribution < -0.4 is 0 Å². The minimum Gasteiger partial charge on any atom is -0.120 e. The first-order valence-corrected chi connectivity index (χ1v) is 4.86. The Morgan fingerprint density at radius 2 is 1.50 bits per heavy atom. The average Bonchev–Trinajstić information content (AvgIpc) is 2.75. The van der Waals surface area contributed by atoms with Crippen molar-refractivity contribution in [3.63, 3.8) is 0 Å². The first kappa shape index (κ1) is 8.17. The molecule has 0 nitrogen and oxygen atoms in total. The largest absolute Gasteiger partial charge is 0.120 e. The van der Waals surface area contributed by atoms with E-state index in [2.05, 4.69) is 33.6 Å². The highest BCUT2D eigenvalue weighted by molar-refractivity contribution is 5.30. The summed E-state index contributed by atoms with van der Waals surface area (Å²) >= 11 is 0. The van der Waals surface area contributed by atoms with Crippen molar-refractivity contribution >= 4 is 0 Å². The summed E-state index contributed by atoms with van der Waals surface area (Å²) in [5, 5.41) is 0. The molecule has 0 atom stereocenters. The molecule has 0 saturated heterocycles. The maximum Gasteiger partial charge on any atom is 0.0351 e. The molecule has 0 aliphatic heterocycles. The quantitative estimate of drug-likeness (QED) is 0.520. The van der Waals surface area contributed by atoms with Crippen molar-refractivity contribution in [2.75, 3.05) is 0 Å². The number of hydrogen-bond acceptors (Lipinski definition) is 0. The van der Waals surface area contributed by atoms with Gasteiger partial charge in [0.15, 0.2) is 0 Å². The highest BCUT2D eigenvalue weighted by atomic mass is 14.8. The van der Waals surface area contributed by atoms with Crippen molar-refractivity contribution in [2.24, 2.45) is 22.2 Å². The summed E-state index contributed by atoms with van der Waals surface area (Å²) in [5.74, 6) is 3.79. The SMILES string of the molecule is C#CC1(C2C(C)(C)C2(C)C)CC1. The topological polar surface area (TPSA) is 0 Å². The Kier molecular flexibility index (Phi) is 1.18. The fourth-order valence-electron chi connectivity index (χ4n) is 3.23. The molecule has 2 rings (SSSR count). The molecular weight excluding hydrogens is 144 g/mol. The lowest BCUT2D eigenvalue weighted by molar-refractivity contribution is 0.456. The predicted molar refractivity (Wildman–Crippen MR) is 51.6 cm³/mol. The lowest BCUT2D eigenvalue weighted by atomic mass is 9.94. The second kappa shape index (κ2) is 1.74. The summed E-state index contributed by atoms with van der Waals surface area (Å²) in [5.41, 5.74) is 1.23. The summed E-state index contributed by atoms with van der Waals surface area (Å²) in [6.07, 6.45) is 8.13. The molecule has 0 radical (unpaired) electrons. The van der Waals surface area contributed by atoms with Crippen LogP contribution in [0.1, 0.15) is 40.5 Å². The summed E-state index contributed by atoms with van der Waals surface area (Å²) in [6.45, 7) is 9.42. The van der Waals surface area contributed by atoms with Crippen molar-refractivity contribution in [3.8, 4) is 12.3 Å². The number of rotatable bonds is 1. The molecule has 2 fully saturated rings. The van der Waals surface area contributed by atoms with Gasteiger partial charge in [-0.2, -0.15) is 0 Å². The van der Waals surface area contributed by atoms with E-state index in [-0.39, 0.29) is 0 Å². The molecule has 0 unspecified atom stereocenters. The van der Waals surface area contributed by atoms with E-state index in [1.54, 1.807) is 0 Å². The zero-order valence-corrected chi connectivity index (χ0v) is 8.57. The fraction of sp³-hybridized carbons (Fsp3) is 0.833. The monoisotopic (exact) mass is 162 g/mol. The second-order valence-electron chi connectivity index (χ2n) is 5.68. The molecule has 0 amide bonds. The number of hydrogen-bond donors (Lipinski definition) is 0. The van der Waals surface area contributed by atoms with Crippen LogP contribution in [0.15, 0.2) is 0 Å². The smallest absolute Gasteiger partial charge is 0.0351 e. The minimum absolute atomic E-state index is 0.299. The molecule has 0 bridgehead atoms. The van der Waals surface area contributed by atoms with Crippen LogP contribution in [-0.4, -0.2) is 0 Å². The zero-order chi connectivity index (χ0) is 9.20. The molecule has 0 N–H and O–H groups in total. The molecule has 2 saturated carbocycles. The zero-order valence-electron chi connectivity index (χ0n) is 8.57. The summed E-state index contributed by atoms with van der Waals surface area (Å²) in [6, 6.07) is 0. The van der Waals surface area contributed by atoms with Gasteiger partial charge in [0.2, 0.25) is 0 Å². The van der Waals surface area contributed by atoms with Crippen LogP contribution in [0.3, 0.4) is 0 Å². The van der Waals surface area contributed by atoms with Gasteiger partial charge >= 0.3 is 0 Å². The lowest BCUT2D eigenvalue weighted by Gasteiger charge is -2.08. The van der Waals surface area contributed by atoms with Gasteiger partial charge in [0, 0.05) is 5.41 Å². The van der Waals surface area contributed by atoms with Gasteiger partial charge in [-0.25, -0.2) is 0 Å². The molecule has 0 heterocycles. The van der Waals surface area contributed by atoms with E-state index >= 15 is 0 Å². The third-order valence-corrected chi connectivity index (χ3v) is 4.65. The van der Waals surface area contributed by atoms with Crippen molar-refractivity contribution in [1.29, 1.82) is 0 Å². The van der Waals surface area contributed by atoms with Gasteiger partial charge < -0.3 is 0 Å². The average molecular weight is 162 g/mol. The Balaban J connectivity index is 2.27. The molecule has 2 aliphatic carbocycles. The number of terminal acetylenes is 1. The van der Waals surface area contributed by atoms with Crippen LogP contribution in [0, 0.1) is 34.5 Å². The van der Waals surface area contributed by atoms with Crippen LogP contribution in [0.5, 0.6) is 0 Å². The Morgan fingerprint density at radius 3 is 1.58 bits per heavy atom. The Hall–Kier alpha value is -0.440. The first-order valence-electron chi connectivity index (χ1n) is 4.86. The van der Waals surface area contributed by atoms with Gasteiger partial charge in [0.05, 0.1) is 0 Å². The fourth-order valence-corrected chi connectivity index (χ4v) is 3.23. The lowest BCUT2D eigenvalue weighted by Crippen LogP contribution is -2.05. The Morgan fingerprint density at radius 1 is 1.08 bits per heavy atom. The molecule has 0 heteroatoms. The minimum atomic E-state index is 0.299. The van der Waals surface area contributed by atoms with Gasteiger partial charge in [-0.1, -0.05) is 33.6 Å². The Labute approximate surface area is 75.7 Å². The van der Waals surface area contributed by atoms with Crippen molar-refractivity contribution in [1.82, 2.24) is 0 Å². The van der Waals surface area contributed by atoms with Gasteiger partial charge in [0.1, 0.15) is 0 Å². The summed E-state index contributed by atoms with van der Waals surface area (Å²) < 4.78 is 0. The molecule has 0 aromatic heterocycles. The van der Waals surface area contributed by atoms with E-state index in [1.165, 1.54) is 12.8 Å². The van der Waals surface area contributed by atoms with Crippen molar-refractivity contribution < 1.29 is 0 Å². The van der Waals surface area contributed by atoms with Crippen LogP contribution in [0.25, 0.3) is 0 Å². The molecule has 66 valence electrons. The maximum atomic E-state index is 5.60. The molecule has 0 aromatic carbocycles. The van der Waals surface area contributed by atoms with E-state index in [4.69, 9.17) is 6.42 Å². The van der Waals surface area contributed by atoms with Crippen molar-refractivity contribution in [3.05, 3.63) is 0 Å². The third kappa shape index (κ3) is 0.661. The van der Waals surface area contributed by atoms with Crippen LogP contribution in [-0.2, 0) is 0 Å². The van der Waals surface area contributed by atoms with E-state index < -0.39 is 0 Å². The van der Waals surface area contributed by atoms with Crippen LogP contribution in [0.2, 0.25) is 0 Å².